The third kappa shape index (κ3) is 3.63. The number of pyridine rings is 1. The first-order valence-corrected chi connectivity index (χ1v) is 8.88. The summed E-state index contributed by atoms with van der Waals surface area (Å²) in [5, 5.41) is 0.0606. The average Bonchev–Trinajstić information content (AvgIpc) is 2.62. The van der Waals surface area contributed by atoms with Gasteiger partial charge in [-0.2, -0.15) is 0 Å². The fourth-order valence-electron chi connectivity index (χ4n) is 2.90. The number of benzene rings is 1. The number of halogens is 3. The van der Waals surface area contributed by atoms with Crippen molar-refractivity contribution in [2.24, 2.45) is 0 Å². The van der Waals surface area contributed by atoms with Gasteiger partial charge >= 0.3 is 5.69 Å². The topological polar surface area (TPSA) is 74.0 Å². The quantitative estimate of drug-likeness (QED) is 0.646. The lowest BCUT2D eigenvalue weighted by Gasteiger charge is -2.17. The Bertz CT molecular complexity index is 1220. The Kier molecular flexibility index (Phi) is 5.49. The first-order valence-electron chi connectivity index (χ1n) is 8.13. The predicted molar refractivity (Wildman–Crippen MR) is 105 cm³/mol. The Labute approximate surface area is 168 Å². The second-order valence-corrected chi connectivity index (χ2v) is 7.01. The normalized spacial score (nSPS) is 10.9. The highest BCUT2D eigenvalue weighted by molar-refractivity contribution is 6.31. The van der Waals surface area contributed by atoms with Crippen LogP contribution >= 0.6 is 23.2 Å². The van der Waals surface area contributed by atoms with Gasteiger partial charge in [0.25, 0.3) is 5.56 Å². The zero-order valence-corrected chi connectivity index (χ0v) is 16.4. The van der Waals surface area contributed by atoms with Gasteiger partial charge in [0.2, 0.25) is 0 Å². The van der Waals surface area contributed by atoms with Gasteiger partial charge in [0.05, 0.1) is 34.0 Å². The van der Waals surface area contributed by atoms with Crippen LogP contribution in [0.15, 0.2) is 46.2 Å². The molecule has 2 heterocycles. The first kappa shape index (κ1) is 20.0. The number of rotatable bonds is 4. The van der Waals surface area contributed by atoms with E-state index in [0.29, 0.717) is 5.56 Å². The van der Waals surface area contributed by atoms with Crippen LogP contribution in [0.5, 0.6) is 0 Å². The average molecular weight is 422 g/mol. The van der Waals surface area contributed by atoms with Crippen molar-refractivity contribution in [3.8, 4) is 16.8 Å². The van der Waals surface area contributed by atoms with E-state index < -0.39 is 17.1 Å². The molecule has 6 nitrogen and oxygen atoms in total. The lowest BCUT2D eigenvalue weighted by atomic mass is 10.1. The van der Waals surface area contributed by atoms with Crippen molar-refractivity contribution in [2.45, 2.75) is 20.4 Å². The van der Waals surface area contributed by atoms with E-state index in [1.165, 1.54) is 42.1 Å². The highest BCUT2D eigenvalue weighted by atomic mass is 35.5. The number of Topliss-reactive ketones (excluding diaryl/α,β-unsaturated/α-hetero) is 1. The minimum atomic E-state index is -0.710. The van der Waals surface area contributed by atoms with E-state index in [0.717, 1.165) is 10.6 Å². The standard InChI is InChI=1S/C19H14Cl2FN3O3/c1-10(26)9-24-11(2)17(12-3-4-16(22)15(21)5-12)18(27)25(19(24)28)14-6-13(20)7-23-8-14/h3-8H,9H2,1-2H3. The molecule has 0 amide bonds. The molecule has 0 bridgehead atoms. The summed E-state index contributed by atoms with van der Waals surface area (Å²) in [6.07, 6.45) is 2.67. The fraction of sp³-hybridized carbons (Fsp3) is 0.158. The minimum Gasteiger partial charge on any atom is -0.298 e. The molecular formula is C19H14Cl2FN3O3. The zero-order chi connectivity index (χ0) is 20.6. The van der Waals surface area contributed by atoms with Crippen LogP contribution in [-0.2, 0) is 11.3 Å². The summed E-state index contributed by atoms with van der Waals surface area (Å²) in [4.78, 5) is 41.8. The van der Waals surface area contributed by atoms with E-state index in [2.05, 4.69) is 4.98 Å². The zero-order valence-electron chi connectivity index (χ0n) is 14.9. The predicted octanol–water partition coefficient (Wildman–Crippen LogP) is 3.40. The molecular weight excluding hydrogens is 408 g/mol. The molecule has 1 aromatic carbocycles. The first-order chi connectivity index (χ1) is 13.2. The largest absolute Gasteiger partial charge is 0.336 e. The third-order valence-corrected chi connectivity index (χ3v) is 4.64. The summed E-state index contributed by atoms with van der Waals surface area (Å²) in [6, 6.07) is 5.21. The van der Waals surface area contributed by atoms with Crippen molar-refractivity contribution < 1.29 is 9.18 Å². The van der Waals surface area contributed by atoms with Gasteiger partial charge in [0.1, 0.15) is 11.6 Å². The third-order valence-electron chi connectivity index (χ3n) is 4.14. The minimum absolute atomic E-state index is 0.114. The molecule has 0 atom stereocenters. The smallest absolute Gasteiger partial charge is 0.298 e. The van der Waals surface area contributed by atoms with Crippen molar-refractivity contribution in [3.05, 3.63) is 79.1 Å². The van der Waals surface area contributed by atoms with Crippen LogP contribution in [0.1, 0.15) is 12.6 Å². The molecule has 0 N–H and O–H groups in total. The van der Waals surface area contributed by atoms with Crippen molar-refractivity contribution in [1.29, 1.82) is 0 Å². The number of hydrogen-bond acceptors (Lipinski definition) is 4. The van der Waals surface area contributed by atoms with Crippen LogP contribution in [-0.4, -0.2) is 19.9 Å². The van der Waals surface area contributed by atoms with Gasteiger partial charge in [-0.05, 0) is 37.6 Å². The van der Waals surface area contributed by atoms with Crippen molar-refractivity contribution in [1.82, 2.24) is 14.1 Å². The number of carbonyl (C=O) groups is 1. The van der Waals surface area contributed by atoms with Crippen LogP contribution < -0.4 is 11.2 Å². The van der Waals surface area contributed by atoms with E-state index in [-0.39, 0.29) is 39.3 Å². The van der Waals surface area contributed by atoms with E-state index in [9.17, 15) is 18.8 Å². The molecule has 0 spiro atoms. The van der Waals surface area contributed by atoms with E-state index in [4.69, 9.17) is 23.2 Å². The van der Waals surface area contributed by atoms with Crippen LogP contribution in [0.2, 0.25) is 10.0 Å². The molecule has 0 fully saturated rings. The van der Waals surface area contributed by atoms with Crippen LogP contribution in [0, 0.1) is 12.7 Å². The molecule has 0 saturated carbocycles. The van der Waals surface area contributed by atoms with Crippen LogP contribution in [0.4, 0.5) is 4.39 Å². The maximum Gasteiger partial charge on any atom is 0.336 e. The van der Waals surface area contributed by atoms with Gasteiger partial charge in [0.15, 0.2) is 0 Å². The number of ketones is 1. The molecule has 3 rings (SSSR count). The van der Waals surface area contributed by atoms with E-state index >= 15 is 0 Å². The summed E-state index contributed by atoms with van der Waals surface area (Å²) in [6.45, 7) is 2.64. The van der Waals surface area contributed by atoms with Gasteiger partial charge in [-0.1, -0.05) is 29.3 Å². The molecule has 3 aromatic rings. The lowest BCUT2D eigenvalue weighted by molar-refractivity contribution is -0.117. The Morgan fingerprint density at radius 3 is 2.50 bits per heavy atom. The van der Waals surface area contributed by atoms with Crippen LogP contribution in [0.25, 0.3) is 16.8 Å². The maximum absolute atomic E-state index is 13.6. The molecule has 0 aliphatic heterocycles. The maximum atomic E-state index is 13.6. The van der Waals surface area contributed by atoms with Gasteiger partial charge in [0, 0.05) is 11.9 Å². The summed E-state index contributed by atoms with van der Waals surface area (Å²) in [5.74, 6) is -0.915. The Balaban J connectivity index is 2.44. The van der Waals surface area contributed by atoms with Gasteiger partial charge in [-0.3, -0.25) is 19.1 Å². The molecule has 28 heavy (non-hydrogen) atoms. The monoisotopic (exact) mass is 421 g/mol. The molecule has 9 heteroatoms. The number of carbonyl (C=O) groups excluding carboxylic acids is 1. The van der Waals surface area contributed by atoms with Crippen molar-refractivity contribution in [2.75, 3.05) is 0 Å². The second kappa shape index (κ2) is 7.69. The van der Waals surface area contributed by atoms with Gasteiger partial charge in [-0.25, -0.2) is 13.8 Å². The summed E-state index contributed by atoms with van der Waals surface area (Å²) < 4.78 is 15.6. The summed E-state index contributed by atoms with van der Waals surface area (Å²) in [5.41, 5.74) is -0.529. The highest BCUT2D eigenvalue weighted by Crippen LogP contribution is 2.25. The highest BCUT2D eigenvalue weighted by Gasteiger charge is 2.20. The number of nitrogens with zero attached hydrogens (tertiary/aromatic N) is 3. The molecule has 0 radical (unpaired) electrons. The molecule has 0 saturated heterocycles. The van der Waals surface area contributed by atoms with Gasteiger partial charge in [-0.15, -0.1) is 0 Å². The number of aromatic nitrogens is 3. The van der Waals surface area contributed by atoms with Crippen LogP contribution in [0.3, 0.4) is 0 Å². The number of hydrogen-bond donors (Lipinski definition) is 0. The van der Waals surface area contributed by atoms with Gasteiger partial charge < -0.3 is 0 Å². The SMILES string of the molecule is CC(=O)Cn1c(C)c(-c2ccc(F)c(Cl)c2)c(=O)n(-c2cncc(Cl)c2)c1=O. The van der Waals surface area contributed by atoms with Crippen molar-refractivity contribution >= 4 is 29.0 Å². The van der Waals surface area contributed by atoms with E-state index in [1.807, 2.05) is 0 Å². The summed E-state index contributed by atoms with van der Waals surface area (Å²) >= 11 is 11.8. The Hall–Kier alpha value is -2.77. The molecule has 0 aliphatic carbocycles. The molecule has 0 aliphatic rings. The Morgan fingerprint density at radius 1 is 1.18 bits per heavy atom. The fourth-order valence-corrected chi connectivity index (χ4v) is 3.24. The van der Waals surface area contributed by atoms with Crippen molar-refractivity contribution in [3.63, 3.8) is 0 Å². The second-order valence-electron chi connectivity index (χ2n) is 6.16. The Morgan fingerprint density at radius 2 is 1.89 bits per heavy atom. The molecule has 144 valence electrons. The van der Waals surface area contributed by atoms with E-state index in [1.54, 1.807) is 6.92 Å². The molecule has 0 unspecified atom stereocenters. The summed E-state index contributed by atoms with van der Waals surface area (Å²) in [7, 11) is 0. The lowest BCUT2D eigenvalue weighted by Crippen LogP contribution is -2.42. The molecule has 2 aromatic heterocycles.